The van der Waals surface area contributed by atoms with Crippen molar-refractivity contribution in [2.75, 3.05) is 13.2 Å². The molecule has 0 saturated carbocycles. The Morgan fingerprint density at radius 3 is 2.20 bits per heavy atom. The highest BCUT2D eigenvalue weighted by atomic mass is 16.7. The Kier molecular flexibility index (Phi) is 3.70. The van der Waals surface area contributed by atoms with Crippen molar-refractivity contribution >= 4 is 0 Å². The molecule has 1 aromatic rings. The van der Waals surface area contributed by atoms with E-state index in [0.717, 1.165) is 5.56 Å². The van der Waals surface area contributed by atoms with Crippen LogP contribution in [0.15, 0.2) is 42.5 Å². The van der Waals surface area contributed by atoms with E-state index in [4.69, 9.17) is 9.47 Å². The second-order valence-electron chi connectivity index (χ2n) is 6.20. The number of allylic oxidation sites excluding steroid dienone is 2. The summed E-state index contributed by atoms with van der Waals surface area (Å²) in [7, 11) is 0. The lowest BCUT2D eigenvalue weighted by Gasteiger charge is -2.42. The summed E-state index contributed by atoms with van der Waals surface area (Å²) in [6.45, 7) is 8.25. The van der Waals surface area contributed by atoms with E-state index in [-0.39, 0.29) is 0 Å². The Balaban J connectivity index is 1.89. The normalized spacial score (nSPS) is 30.8. The highest BCUT2D eigenvalue weighted by Crippen LogP contribution is 2.46. The molecule has 2 heteroatoms. The van der Waals surface area contributed by atoms with Crippen LogP contribution in [0.2, 0.25) is 0 Å². The fraction of sp³-hybridized carbons (Fsp3) is 0.556. The highest BCUT2D eigenvalue weighted by Gasteiger charge is 2.48. The lowest BCUT2D eigenvalue weighted by molar-refractivity contribution is -0.215. The van der Waals surface area contributed by atoms with Gasteiger partial charge in [0.1, 0.15) is 0 Å². The lowest BCUT2D eigenvalue weighted by atomic mass is 9.68. The van der Waals surface area contributed by atoms with Gasteiger partial charge < -0.3 is 9.47 Å². The van der Waals surface area contributed by atoms with Crippen LogP contribution in [0.4, 0.5) is 0 Å². The summed E-state index contributed by atoms with van der Waals surface area (Å²) in [6, 6.07) is 10.4. The molecule has 20 heavy (non-hydrogen) atoms. The summed E-state index contributed by atoms with van der Waals surface area (Å²) in [4.78, 5) is 0. The zero-order valence-electron chi connectivity index (χ0n) is 12.6. The first-order valence-corrected chi connectivity index (χ1v) is 7.67. The van der Waals surface area contributed by atoms with E-state index in [9.17, 15) is 0 Å². The van der Waals surface area contributed by atoms with E-state index < -0.39 is 5.79 Å². The molecule has 2 aliphatic rings. The topological polar surface area (TPSA) is 18.5 Å². The molecule has 1 saturated heterocycles. The van der Waals surface area contributed by atoms with Gasteiger partial charge in [-0.1, -0.05) is 63.3 Å². The number of rotatable bonds is 4. The summed E-state index contributed by atoms with van der Waals surface area (Å²) in [6.07, 6.45) is 4.62. The number of ether oxygens (including phenoxy) is 2. The molecule has 1 aliphatic carbocycles. The Labute approximate surface area is 121 Å². The fourth-order valence-electron chi connectivity index (χ4n) is 3.59. The summed E-state index contributed by atoms with van der Waals surface area (Å²) in [5.74, 6) is 1.60. The van der Waals surface area contributed by atoms with Gasteiger partial charge in [-0.05, 0) is 17.8 Å². The molecule has 1 fully saturated rings. The standard InChI is InChI=1S/C18H24O2/c1-13-9-10-17(13)14(2)15(3)18(19-11-12-20-18)16-7-5-4-6-8-16/h4-10,13-15,17H,11-12H2,1-3H3/t13?,14?,15-,17-/m0/s1. The summed E-state index contributed by atoms with van der Waals surface area (Å²) in [5, 5.41) is 0. The van der Waals surface area contributed by atoms with Gasteiger partial charge in [0.2, 0.25) is 0 Å². The molecule has 0 N–H and O–H groups in total. The van der Waals surface area contributed by atoms with Gasteiger partial charge >= 0.3 is 0 Å². The predicted molar refractivity (Wildman–Crippen MR) is 80.1 cm³/mol. The van der Waals surface area contributed by atoms with Gasteiger partial charge in [-0.25, -0.2) is 0 Å². The third-order valence-electron chi connectivity index (χ3n) is 5.13. The second kappa shape index (κ2) is 5.34. The minimum Gasteiger partial charge on any atom is -0.343 e. The maximum Gasteiger partial charge on any atom is 0.197 e. The fourth-order valence-corrected chi connectivity index (χ4v) is 3.59. The van der Waals surface area contributed by atoms with Gasteiger partial charge in [-0.15, -0.1) is 0 Å². The van der Waals surface area contributed by atoms with Gasteiger partial charge in [0.25, 0.3) is 0 Å². The highest BCUT2D eigenvalue weighted by molar-refractivity contribution is 5.23. The molecule has 0 spiro atoms. The molecule has 2 unspecified atom stereocenters. The van der Waals surface area contributed by atoms with E-state index in [0.29, 0.717) is 36.9 Å². The van der Waals surface area contributed by atoms with Crippen LogP contribution in [0.5, 0.6) is 0 Å². The minimum atomic E-state index is -0.566. The minimum absolute atomic E-state index is 0.324. The summed E-state index contributed by atoms with van der Waals surface area (Å²) < 4.78 is 12.2. The van der Waals surface area contributed by atoms with Crippen molar-refractivity contribution < 1.29 is 9.47 Å². The van der Waals surface area contributed by atoms with E-state index in [1.165, 1.54) is 0 Å². The van der Waals surface area contributed by atoms with E-state index >= 15 is 0 Å². The van der Waals surface area contributed by atoms with Crippen LogP contribution in [0.3, 0.4) is 0 Å². The molecule has 1 aliphatic heterocycles. The average molecular weight is 272 g/mol. The molecule has 4 atom stereocenters. The molecule has 2 nitrogen and oxygen atoms in total. The van der Waals surface area contributed by atoms with Crippen LogP contribution < -0.4 is 0 Å². The van der Waals surface area contributed by atoms with Crippen LogP contribution in [-0.4, -0.2) is 13.2 Å². The van der Waals surface area contributed by atoms with Crippen LogP contribution in [-0.2, 0) is 15.3 Å². The van der Waals surface area contributed by atoms with Crippen LogP contribution >= 0.6 is 0 Å². The summed E-state index contributed by atoms with van der Waals surface area (Å²) >= 11 is 0. The first-order valence-electron chi connectivity index (χ1n) is 7.67. The quantitative estimate of drug-likeness (QED) is 0.772. The van der Waals surface area contributed by atoms with E-state index in [1.54, 1.807) is 0 Å². The maximum absolute atomic E-state index is 6.12. The number of benzene rings is 1. The third-order valence-corrected chi connectivity index (χ3v) is 5.13. The summed E-state index contributed by atoms with van der Waals surface area (Å²) in [5.41, 5.74) is 1.15. The molecular weight excluding hydrogens is 248 g/mol. The monoisotopic (exact) mass is 272 g/mol. The van der Waals surface area contributed by atoms with Crippen molar-refractivity contribution in [1.29, 1.82) is 0 Å². The van der Waals surface area contributed by atoms with Crippen molar-refractivity contribution in [2.24, 2.45) is 23.7 Å². The zero-order valence-corrected chi connectivity index (χ0v) is 12.6. The van der Waals surface area contributed by atoms with Gasteiger partial charge in [0, 0.05) is 11.5 Å². The van der Waals surface area contributed by atoms with Crippen LogP contribution in [0.1, 0.15) is 26.3 Å². The van der Waals surface area contributed by atoms with Gasteiger partial charge in [0.05, 0.1) is 13.2 Å². The van der Waals surface area contributed by atoms with E-state index in [1.807, 2.05) is 6.07 Å². The molecule has 3 rings (SSSR count). The van der Waals surface area contributed by atoms with Crippen LogP contribution in [0, 0.1) is 23.7 Å². The average Bonchev–Trinajstić information content (AvgIpc) is 2.96. The van der Waals surface area contributed by atoms with Crippen LogP contribution in [0.25, 0.3) is 0 Å². The van der Waals surface area contributed by atoms with Crippen molar-refractivity contribution in [3.8, 4) is 0 Å². The van der Waals surface area contributed by atoms with Gasteiger partial charge in [0.15, 0.2) is 5.79 Å². The van der Waals surface area contributed by atoms with Crippen molar-refractivity contribution in [1.82, 2.24) is 0 Å². The first kappa shape index (κ1) is 13.8. The smallest absolute Gasteiger partial charge is 0.197 e. The van der Waals surface area contributed by atoms with Gasteiger partial charge in [-0.3, -0.25) is 0 Å². The van der Waals surface area contributed by atoms with Crippen molar-refractivity contribution in [3.05, 3.63) is 48.0 Å². The molecule has 108 valence electrons. The zero-order chi connectivity index (χ0) is 14.2. The second-order valence-corrected chi connectivity index (χ2v) is 6.20. The number of hydrogen-bond donors (Lipinski definition) is 0. The molecule has 0 amide bonds. The first-order chi connectivity index (χ1) is 9.65. The Morgan fingerprint density at radius 1 is 1.05 bits per heavy atom. The van der Waals surface area contributed by atoms with Crippen molar-refractivity contribution in [3.63, 3.8) is 0 Å². The Morgan fingerprint density at radius 2 is 1.70 bits per heavy atom. The molecule has 0 radical (unpaired) electrons. The number of hydrogen-bond acceptors (Lipinski definition) is 2. The SMILES string of the molecule is CC1C=C[C@@H]1C(C)[C@H](C)C1(c2ccccc2)OCCO1. The van der Waals surface area contributed by atoms with Crippen molar-refractivity contribution in [2.45, 2.75) is 26.6 Å². The lowest BCUT2D eigenvalue weighted by Crippen LogP contribution is -2.42. The largest absolute Gasteiger partial charge is 0.343 e. The third kappa shape index (κ3) is 2.11. The molecular formula is C18H24O2. The predicted octanol–water partition coefficient (Wildman–Crippen LogP) is 3.98. The van der Waals surface area contributed by atoms with Gasteiger partial charge in [-0.2, -0.15) is 0 Å². The molecule has 0 bridgehead atoms. The Hall–Kier alpha value is -1.12. The maximum atomic E-state index is 6.12. The molecule has 0 aromatic heterocycles. The Bertz CT molecular complexity index is 473. The molecule has 1 aromatic carbocycles. The van der Waals surface area contributed by atoms with E-state index in [2.05, 4.69) is 57.2 Å². The molecule has 1 heterocycles.